The molecule has 0 bridgehead atoms. The molecule has 27 heavy (non-hydrogen) atoms. The van der Waals surface area contributed by atoms with Crippen molar-refractivity contribution in [3.05, 3.63) is 42.8 Å². The zero-order valence-corrected chi connectivity index (χ0v) is 16.6. The number of carbonyl (C=O) groups is 1. The van der Waals surface area contributed by atoms with E-state index in [-0.39, 0.29) is 5.97 Å². The van der Waals surface area contributed by atoms with Gasteiger partial charge < -0.3 is 4.74 Å². The van der Waals surface area contributed by atoms with Gasteiger partial charge in [0.2, 0.25) is 0 Å². The van der Waals surface area contributed by atoms with Crippen LogP contribution in [-0.4, -0.2) is 37.0 Å². The van der Waals surface area contributed by atoms with Crippen LogP contribution in [0.1, 0.15) is 46.7 Å². The third kappa shape index (κ3) is 4.81. The van der Waals surface area contributed by atoms with Crippen molar-refractivity contribution in [3.8, 4) is 11.1 Å². The van der Waals surface area contributed by atoms with Crippen molar-refractivity contribution in [3.63, 3.8) is 0 Å². The lowest BCUT2D eigenvalue weighted by atomic mass is 10.1. The third-order valence-electron chi connectivity index (χ3n) is 4.03. The van der Waals surface area contributed by atoms with Crippen molar-refractivity contribution in [2.45, 2.75) is 47.6 Å². The monoisotopic (exact) mass is 369 g/mol. The summed E-state index contributed by atoms with van der Waals surface area (Å²) in [6, 6.07) is 2.07. The fourth-order valence-corrected chi connectivity index (χ4v) is 2.76. The van der Waals surface area contributed by atoms with E-state index in [9.17, 15) is 4.79 Å². The third-order valence-corrected chi connectivity index (χ3v) is 4.03. The average Bonchev–Trinajstić information content (AvgIpc) is 3.31. The lowest BCUT2D eigenvalue weighted by Crippen LogP contribution is -2.08. The number of hydrogen-bond acceptors (Lipinski definition) is 5. The van der Waals surface area contributed by atoms with Gasteiger partial charge in [-0.2, -0.15) is 10.2 Å². The Balaban J connectivity index is 0.00000126. The number of hydrogen-bond donors (Lipinski definition) is 0. The van der Waals surface area contributed by atoms with Crippen molar-refractivity contribution >= 4 is 17.1 Å². The fraction of sp³-hybridized carbons (Fsp3) is 0.400. The molecule has 7 nitrogen and oxygen atoms in total. The first-order valence-corrected chi connectivity index (χ1v) is 9.27. The van der Waals surface area contributed by atoms with Gasteiger partial charge in [-0.1, -0.05) is 26.8 Å². The average molecular weight is 369 g/mol. The Morgan fingerprint density at radius 3 is 2.67 bits per heavy atom. The van der Waals surface area contributed by atoms with E-state index in [1.165, 1.54) is 12.5 Å². The second-order valence-corrected chi connectivity index (χ2v) is 5.67. The Bertz CT molecular complexity index is 923. The van der Waals surface area contributed by atoms with E-state index in [0.29, 0.717) is 13.2 Å². The second kappa shape index (κ2) is 9.66. The van der Waals surface area contributed by atoms with Crippen LogP contribution in [0.2, 0.25) is 0 Å². The van der Waals surface area contributed by atoms with Gasteiger partial charge in [0, 0.05) is 30.4 Å². The summed E-state index contributed by atoms with van der Waals surface area (Å²) in [7, 11) is 0. The van der Waals surface area contributed by atoms with Crippen LogP contribution in [0.25, 0.3) is 22.2 Å². The number of ether oxygens (including phenoxy) is 1. The van der Waals surface area contributed by atoms with Gasteiger partial charge in [-0.3, -0.25) is 9.48 Å². The van der Waals surface area contributed by atoms with Crippen molar-refractivity contribution in [1.29, 1.82) is 0 Å². The molecule has 0 saturated heterocycles. The van der Waals surface area contributed by atoms with E-state index in [2.05, 4.69) is 34.2 Å². The molecule has 3 heterocycles. The highest BCUT2D eigenvalue weighted by Gasteiger charge is 2.12. The highest BCUT2D eigenvalue weighted by atomic mass is 16.5. The molecule has 0 saturated carbocycles. The molecule has 0 spiro atoms. The number of esters is 1. The van der Waals surface area contributed by atoms with Crippen molar-refractivity contribution in [2.75, 3.05) is 6.61 Å². The maximum Gasteiger partial charge on any atom is 0.302 e. The minimum atomic E-state index is -0.284. The first-order valence-electron chi connectivity index (χ1n) is 9.27. The smallest absolute Gasteiger partial charge is 0.302 e. The van der Waals surface area contributed by atoms with E-state index in [1.54, 1.807) is 17.2 Å². The molecule has 0 aromatic carbocycles. The van der Waals surface area contributed by atoms with Crippen LogP contribution in [0.5, 0.6) is 0 Å². The largest absolute Gasteiger partial charge is 0.464 e. The number of aromatic nitrogens is 5. The Morgan fingerprint density at radius 1 is 1.22 bits per heavy atom. The van der Waals surface area contributed by atoms with E-state index in [1.807, 2.05) is 37.7 Å². The molecule has 0 N–H and O–H groups in total. The normalized spacial score (nSPS) is 11.2. The molecule has 3 rings (SSSR count). The summed E-state index contributed by atoms with van der Waals surface area (Å²) in [4.78, 5) is 15.3. The number of nitrogens with zero attached hydrogens (tertiary/aromatic N) is 5. The lowest BCUT2D eigenvalue weighted by molar-refractivity contribution is -0.141. The first kappa shape index (κ1) is 20.4. The van der Waals surface area contributed by atoms with Gasteiger partial charge in [0.15, 0.2) is 0 Å². The summed E-state index contributed by atoms with van der Waals surface area (Å²) >= 11 is 0. The van der Waals surface area contributed by atoms with Crippen LogP contribution in [0.3, 0.4) is 0 Å². The van der Waals surface area contributed by atoms with Crippen LogP contribution in [-0.2, 0) is 16.1 Å². The first-order chi connectivity index (χ1) is 13.1. The molecule has 7 heteroatoms. The maximum absolute atomic E-state index is 10.8. The SMILES string of the molecule is C/C=C(\CC)c1ncnn2cc(-c3cnn(CCOC(C)=O)c3)cc12.CC. The van der Waals surface area contributed by atoms with Crippen LogP contribution in [0.4, 0.5) is 0 Å². The Kier molecular flexibility index (Phi) is 7.28. The number of allylic oxidation sites excluding steroid dienone is 2. The minimum absolute atomic E-state index is 0.284. The van der Waals surface area contributed by atoms with E-state index in [0.717, 1.165) is 28.8 Å². The van der Waals surface area contributed by atoms with E-state index >= 15 is 0 Å². The van der Waals surface area contributed by atoms with Crippen LogP contribution >= 0.6 is 0 Å². The zero-order chi connectivity index (χ0) is 19.8. The predicted octanol–water partition coefficient (Wildman–Crippen LogP) is 4.00. The lowest BCUT2D eigenvalue weighted by Gasteiger charge is -2.04. The summed E-state index contributed by atoms with van der Waals surface area (Å²) in [6.07, 6.45) is 10.3. The molecule has 0 radical (unpaired) electrons. The highest BCUT2D eigenvalue weighted by molar-refractivity contribution is 5.79. The Hall–Kier alpha value is -2.96. The summed E-state index contributed by atoms with van der Waals surface area (Å²) in [5.74, 6) is -0.284. The number of fused-ring (bicyclic) bond motifs is 1. The quantitative estimate of drug-likeness (QED) is 0.614. The molecule has 0 aliphatic rings. The minimum Gasteiger partial charge on any atom is -0.464 e. The molecule has 3 aromatic heterocycles. The topological polar surface area (TPSA) is 74.3 Å². The van der Waals surface area contributed by atoms with Crippen LogP contribution in [0.15, 0.2) is 37.1 Å². The maximum atomic E-state index is 10.8. The zero-order valence-electron chi connectivity index (χ0n) is 16.6. The summed E-state index contributed by atoms with van der Waals surface area (Å²) < 4.78 is 8.55. The molecule has 144 valence electrons. The highest BCUT2D eigenvalue weighted by Crippen LogP contribution is 2.26. The second-order valence-electron chi connectivity index (χ2n) is 5.67. The Morgan fingerprint density at radius 2 is 2.00 bits per heavy atom. The van der Waals surface area contributed by atoms with Crippen LogP contribution < -0.4 is 0 Å². The van der Waals surface area contributed by atoms with E-state index < -0.39 is 0 Å². The van der Waals surface area contributed by atoms with Crippen molar-refractivity contribution in [1.82, 2.24) is 24.4 Å². The van der Waals surface area contributed by atoms with E-state index in [4.69, 9.17) is 4.74 Å². The molecule has 3 aromatic rings. The standard InChI is InChI=1S/C18H21N5O2.C2H6/c1-4-14(5-2)18-17-8-15(11-23(17)21-12-19-18)16-9-20-22(10-16)6-7-25-13(3)24;1-2/h4,8-12H,5-7H2,1-3H3;1-2H3/b14-4+;. The number of rotatable bonds is 6. The van der Waals surface area contributed by atoms with Crippen molar-refractivity contribution in [2.24, 2.45) is 0 Å². The van der Waals surface area contributed by atoms with Gasteiger partial charge in [0.25, 0.3) is 0 Å². The molecule has 0 amide bonds. The molecular formula is C20H27N5O2. The van der Waals surface area contributed by atoms with Crippen LogP contribution in [0, 0.1) is 0 Å². The summed E-state index contributed by atoms with van der Waals surface area (Å²) in [6.45, 7) is 10.4. The fourth-order valence-electron chi connectivity index (χ4n) is 2.76. The molecular weight excluding hydrogens is 342 g/mol. The van der Waals surface area contributed by atoms with Gasteiger partial charge in [-0.25, -0.2) is 9.50 Å². The molecule has 0 unspecified atom stereocenters. The summed E-state index contributed by atoms with van der Waals surface area (Å²) in [5.41, 5.74) is 5.12. The van der Waals surface area contributed by atoms with Crippen molar-refractivity contribution < 1.29 is 9.53 Å². The molecule has 0 atom stereocenters. The van der Waals surface area contributed by atoms with Gasteiger partial charge in [-0.15, -0.1) is 0 Å². The van der Waals surface area contributed by atoms with Gasteiger partial charge in [-0.05, 0) is 25.0 Å². The Labute approximate surface area is 159 Å². The summed E-state index contributed by atoms with van der Waals surface area (Å²) in [5, 5.41) is 8.63. The predicted molar refractivity (Wildman–Crippen MR) is 106 cm³/mol. The van der Waals surface area contributed by atoms with Gasteiger partial charge in [0.05, 0.1) is 24.0 Å². The van der Waals surface area contributed by atoms with Gasteiger partial charge in [0.1, 0.15) is 12.9 Å². The number of carbonyl (C=O) groups excluding carboxylic acids is 1. The molecule has 0 aliphatic carbocycles. The molecule has 0 aliphatic heterocycles. The molecule has 0 fully saturated rings. The van der Waals surface area contributed by atoms with Gasteiger partial charge >= 0.3 is 5.97 Å².